The van der Waals surface area contributed by atoms with Crippen molar-refractivity contribution in [3.8, 4) is 27.9 Å². The van der Waals surface area contributed by atoms with Gasteiger partial charge in [0.25, 0.3) is 0 Å². The zero-order valence-corrected chi connectivity index (χ0v) is 23.6. The first-order chi connectivity index (χ1) is 20.8. The fourth-order valence-corrected chi connectivity index (χ4v) is 7.74. The topological polar surface area (TPSA) is 4.93 Å². The van der Waals surface area contributed by atoms with Gasteiger partial charge in [-0.1, -0.05) is 109 Å². The maximum atomic E-state index is 2.49. The molecule has 0 atom stereocenters. The zero-order chi connectivity index (χ0) is 27.6. The van der Waals surface area contributed by atoms with Crippen molar-refractivity contribution >= 4 is 64.1 Å². The molecule has 0 spiro atoms. The van der Waals surface area contributed by atoms with Gasteiger partial charge in [0, 0.05) is 42.0 Å². The highest BCUT2D eigenvalue weighted by molar-refractivity contribution is 7.25. The molecule has 0 aliphatic carbocycles. The van der Waals surface area contributed by atoms with Crippen LogP contribution in [0.3, 0.4) is 0 Å². The van der Waals surface area contributed by atoms with Crippen LogP contribution in [-0.4, -0.2) is 4.57 Å². The SMILES string of the molecule is c1ccc(-c2cc(-c3ccccc3)cc(-n3c4ccccc4c4ccc5cc6sc7ccccc7c6cc5c43)c2)cc1. The third-order valence-electron chi connectivity index (χ3n) is 8.54. The maximum Gasteiger partial charge on any atom is 0.0619 e. The zero-order valence-electron chi connectivity index (χ0n) is 22.8. The number of nitrogens with zero attached hydrogens (tertiary/aromatic N) is 1. The van der Waals surface area contributed by atoms with Gasteiger partial charge in [0.05, 0.1) is 11.0 Å². The number of hydrogen-bond acceptors (Lipinski definition) is 1. The predicted molar refractivity (Wildman–Crippen MR) is 182 cm³/mol. The molecule has 0 unspecified atom stereocenters. The molecule has 9 aromatic rings. The third kappa shape index (κ3) is 3.56. The molecule has 2 aromatic heterocycles. The van der Waals surface area contributed by atoms with E-state index in [0.29, 0.717) is 0 Å². The molecule has 9 rings (SSSR count). The summed E-state index contributed by atoms with van der Waals surface area (Å²) < 4.78 is 5.16. The number of hydrogen-bond donors (Lipinski definition) is 0. The summed E-state index contributed by atoms with van der Waals surface area (Å²) in [7, 11) is 0. The standard InChI is InChI=1S/C40H25NS/c1-3-11-26(12-4-1)29-21-30(27-13-5-2-6-14-27)23-31(22-29)41-37-17-9-7-15-32(37)34-20-19-28-24-39-36(25-35(28)40(34)41)33-16-8-10-18-38(33)42-39/h1-25H. The lowest BCUT2D eigenvalue weighted by molar-refractivity contribution is 1.19. The van der Waals surface area contributed by atoms with Gasteiger partial charge >= 0.3 is 0 Å². The third-order valence-corrected chi connectivity index (χ3v) is 9.67. The summed E-state index contributed by atoms with van der Waals surface area (Å²) >= 11 is 1.88. The van der Waals surface area contributed by atoms with E-state index in [9.17, 15) is 0 Å². The van der Waals surface area contributed by atoms with Crippen LogP contribution in [0, 0.1) is 0 Å². The monoisotopic (exact) mass is 551 g/mol. The molecule has 2 heteroatoms. The van der Waals surface area contributed by atoms with E-state index in [1.54, 1.807) is 0 Å². The first-order valence-corrected chi connectivity index (χ1v) is 15.2. The van der Waals surface area contributed by atoms with Gasteiger partial charge < -0.3 is 4.57 Å². The predicted octanol–water partition coefficient (Wildman–Crippen LogP) is 11.6. The number of benzene rings is 7. The van der Waals surface area contributed by atoms with Crippen molar-refractivity contribution in [2.45, 2.75) is 0 Å². The highest BCUT2D eigenvalue weighted by Crippen LogP contribution is 2.42. The average molecular weight is 552 g/mol. The molecule has 0 saturated carbocycles. The maximum absolute atomic E-state index is 2.49. The minimum Gasteiger partial charge on any atom is -0.309 e. The minimum atomic E-state index is 1.17. The molecule has 0 saturated heterocycles. The Kier molecular flexibility index (Phi) is 5.13. The number of fused-ring (bicyclic) bond motifs is 8. The van der Waals surface area contributed by atoms with Gasteiger partial charge in [-0.05, 0) is 70.1 Å². The summed E-state index contributed by atoms with van der Waals surface area (Å²) in [5.74, 6) is 0. The summed E-state index contributed by atoms with van der Waals surface area (Å²) in [6.07, 6.45) is 0. The summed E-state index contributed by atoms with van der Waals surface area (Å²) in [6, 6.07) is 55.5. The molecule has 0 aliphatic heterocycles. The molecule has 196 valence electrons. The highest BCUT2D eigenvalue weighted by atomic mass is 32.1. The largest absolute Gasteiger partial charge is 0.309 e. The molecular weight excluding hydrogens is 527 g/mol. The second-order valence-corrected chi connectivity index (χ2v) is 12.1. The summed E-state index contributed by atoms with van der Waals surface area (Å²) in [5, 5.41) is 7.77. The van der Waals surface area contributed by atoms with Crippen LogP contribution in [0.1, 0.15) is 0 Å². The minimum absolute atomic E-state index is 1.17. The average Bonchev–Trinajstić information content (AvgIpc) is 3.60. The van der Waals surface area contributed by atoms with Crippen molar-refractivity contribution in [1.82, 2.24) is 4.57 Å². The van der Waals surface area contributed by atoms with E-state index < -0.39 is 0 Å². The molecule has 0 fully saturated rings. The summed E-state index contributed by atoms with van der Waals surface area (Å²) in [4.78, 5) is 0. The first kappa shape index (κ1) is 23.5. The molecule has 0 radical (unpaired) electrons. The van der Waals surface area contributed by atoms with E-state index >= 15 is 0 Å². The Morgan fingerprint density at radius 3 is 1.76 bits per heavy atom. The molecule has 2 heterocycles. The van der Waals surface area contributed by atoms with E-state index in [0.717, 1.165) is 0 Å². The normalized spacial score (nSPS) is 11.8. The Bertz CT molecular complexity index is 2390. The van der Waals surface area contributed by atoms with Gasteiger partial charge in [0.2, 0.25) is 0 Å². The molecule has 0 amide bonds. The van der Waals surface area contributed by atoms with Crippen molar-refractivity contribution in [3.63, 3.8) is 0 Å². The van der Waals surface area contributed by atoms with Crippen LogP contribution in [0.4, 0.5) is 0 Å². The molecule has 7 aromatic carbocycles. The Morgan fingerprint density at radius 2 is 1.02 bits per heavy atom. The summed E-state index contributed by atoms with van der Waals surface area (Å²) in [6.45, 7) is 0. The van der Waals surface area contributed by atoms with E-state index in [2.05, 4.69) is 156 Å². The first-order valence-electron chi connectivity index (χ1n) is 14.4. The van der Waals surface area contributed by atoms with Crippen molar-refractivity contribution in [2.75, 3.05) is 0 Å². The van der Waals surface area contributed by atoms with Crippen LogP contribution < -0.4 is 0 Å². The van der Waals surface area contributed by atoms with E-state index in [1.807, 2.05) is 11.3 Å². The number of aromatic nitrogens is 1. The van der Waals surface area contributed by atoms with Gasteiger partial charge in [-0.3, -0.25) is 0 Å². The second kappa shape index (κ2) is 9.17. The van der Waals surface area contributed by atoms with Crippen LogP contribution in [0.2, 0.25) is 0 Å². The quantitative estimate of drug-likeness (QED) is 0.206. The molecule has 1 nitrogen and oxygen atoms in total. The Morgan fingerprint density at radius 1 is 0.381 bits per heavy atom. The Balaban J connectivity index is 1.43. The van der Waals surface area contributed by atoms with E-state index in [4.69, 9.17) is 0 Å². The highest BCUT2D eigenvalue weighted by Gasteiger charge is 2.18. The van der Waals surface area contributed by atoms with Crippen LogP contribution in [0.25, 0.3) is 80.7 Å². The lowest BCUT2D eigenvalue weighted by atomic mass is 9.97. The van der Waals surface area contributed by atoms with Crippen molar-refractivity contribution < 1.29 is 0 Å². The van der Waals surface area contributed by atoms with Gasteiger partial charge in [-0.25, -0.2) is 0 Å². The van der Waals surface area contributed by atoms with E-state index in [-0.39, 0.29) is 0 Å². The van der Waals surface area contributed by atoms with Gasteiger partial charge in [0.1, 0.15) is 0 Å². The van der Waals surface area contributed by atoms with Crippen LogP contribution in [0.5, 0.6) is 0 Å². The van der Waals surface area contributed by atoms with Gasteiger partial charge in [-0.2, -0.15) is 0 Å². The van der Waals surface area contributed by atoms with Crippen molar-refractivity contribution in [2.24, 2.45) is 0 Å². The molecule has 0 aliphatic rings. The van der Waals surface area contributed by atoms with Crippen LogP contribution in [0.15, 0.2) is 152 Å². The van der Waals surface area contributed by atoms with E-state index in [1.165, 1.54) is 80.7 Å². The fraction of sp³-hybridized carbons (Fsp3) is 0. The second-order valence-electron chi connectivity index (χ2n) is 11.0. The lowest BCUT2D eigenvalue weighted by Crippen LogP contribution is -1.96. The summed E-state index contributed by atoms with van der Waals surface area (Å²) in [5.41, 5.74) is 8.51. The van der Waals surface area contributed by atoms with Gasteiger partial charge in [-0.15, -0.1) is 11.3 Å². The Hall–Kier alpha value is -5.18. The number of rotatable bonds is 3. The van der Waals surface area contributed by atoms with Crippen molar-refractivity contribution in [3.05, 3.63) is 152 Å². The van der Waals surface area contributed by atoms with Crippen LogP contribution >= 0.6 is 11.3 Å². The van der Waals surface area contributed by atoms with Crippen LogP contribution in [-0.2, 0) is 0 Å². The number of para-hydroxylation sites is 1. The molecular formula is C40H25NS. The smallest absolute Gasteiger partial charge is 0.0619 e. The Labute approximate surface area is 247 Å². The fourth-order valence-electron chi connectivity index (χ4n) is 6.61. The van der Waals surface area contributed by atoms with Gasteiger partial charge in [0.15, 0.2) is 0 Å². The molecule has 42 heavy (non-hydrogen) atoms. The molecule has 0 N–H and O–H groups in total. The number of thiophene rings is 1. The lowest BCUT2D eigenvalue weighted by Gasteiger charge is -2.15. The molecule has 0 bridgehead atoms. The van der Waals surface area contributed by atoms with Crippen molar-refractivity contribution in [1.29, 1.82) is 0 Å².